The van der Waals surface area contributed by atoms with Crippen LogP contribution < -0.4 is 10.1 Å². The molecule has 9 heteroatoms. The van der Waals surface area contributed by atoms with Crippen LogP contribution in [0.2, 0.25) is 10.0 Å². The van der Waals surface area contributed by atoms with Gasteiger partial charge in [0.25, 0.3) is 0 Å². The largest absolute Gasteiger partial charge is 0.497 e. The van der Waals surface area contributed by atoms with E-state index in [0.717, 1.165) is 11.3 Å². The highest BCUT2D eigenvalue weighted by atomic mass is 35.5. The fraction of sp³-hybridized carbons (Fsp3) is 0.167. The molecule has 1 amide bonds. The van der Waals surface area contributed by atoms with Gasteiger partial charge in [0.2, 0.25) is 5.91 Å². The number of rotatable bonds is 6. The van der Waals surface area contributed by atoms with Gasteiger partial charge in [0.15, 0.2) is 11.0 Å². The number of amides is 1. The van der Waals surface area contributed by atoms with Crippen molar-refractivity contribution >= 4 is 46.6 Å². The molecule has 1 heterocycles. The number of hydrogen-bond donors (Lipinski definition) is 1. The van der Waals surface area contributed by atoms with E-state index < -0.39 is 0 Å². The molecule has 0 saturated heterocycles. The van der Waals surface area contributed by atoms with Crippen molar-refractivity contribution < 1.29 is 9.53 Å². The van der Waals surface area contributed by atoms with Crippen LogP contribution in [-0.4, -0.2) is 33.5 Å². The molecule has 0 aliphatic heterocycles. The molecule has 3 rings (SSSR count). The van der Waals surface area contributed by atoms with Crippen LogP contribution in [0.25, 0.3) is 11.4 Å². The molecule has 140 valence electrons. The van der Waals surface area contributed by atoms with Crippen LogP contribution in [0, 0.1) is 0 Å². The minimum absolute atomic E-state index is 0.175. The number of carbonyl (C=O) groups is 1. The van der Waals surface area contributed by atoms with E-state index in [1.165, 1.54) is 11.8 Å². The molecule has 27 heavy (non-hydrogen) atoms. The summed E-state index contributed by atoms with van der Waals surface area (Å²) in [6, 6.07) is 12.4. The van der Waals surface area contributed by atoms with Crippen LogP contribution in [0.5, 0.6) is 5.75 Å². The van der Waals surface area contributed by atoms with Crippen LogP contribution >= 0.6 is 35.0 Å². The molecule has 0 aliphatic carbocycles. The number of hydrogen-bond acceptors (Lipinski definition) is 5. The molecule has 1 aromatic heterocycles. The average molecular weight is 423 g/mol. The lowest BCUT2D eigenvalue weighted by molar-refractivity contribution is -0.113. The molecule has 6 nitrogen and oxygen atoms in total. The minimum atomic E-state index is -0.190. The highest BCUT2D eigenvalue weighted by Crippen LogP contribution is 2.26. The number of ether oxygens (including phenoxy) is 1. The molecule has 2 aromatic carbocycles. The maximum atomic E-state index is 12.2. The van der Waals surface area contributed by atoms with Gasteiger partial charge in [-0.15, -0.1) is 10.2 Å². The first-order valence-electron chi connectivity index (χ1n) is 7.89. The maximum Gasteiger partial charge on any atom is 0.234 e. The fourth-order valence-electron chi connectivity index (χ4n) is 2.41. The molecule has 0 atom stereocenters. The first-order valence-corrected chi connectivity index (χ1v) is 9.63. The van der Waals surface area contributed by atoms with Crippen molar-refractivity contribution in [2.75, 3.05) is 18.2 Å². The van der Waals surface area contributed by atoms with Crippen LogP contribution in [0.1, 0.15) is 0 Å². The van der Waals surface area contributed by atoms with Gasteiger partial charge in [0.05, 0.1) is 12.9 Å². The second-order valence-corrected chi connectivity index (χ2v) is 7.41. The minimum Gasteiger partial charge on any atom is -0.497 e. The second-order valence-electron chi connectivity index (χ2n) is 5.59. The third-order valence-corrected chi connectivity index (χ3v) is 5.10. The molecule has 0 unspecified atom stereocenters. The van der Waals surface area contributed by atoms with Crippen LogP contribution in [-0.2, 0) is 11.8 Å². The molecule has 0 spiro atoms. The van der Waals surface area contributed by atoms with Gasteiger partial charge in [-0.1, -0.05) is 47.1 Å². The zero-order chi connectivity index (χ0) is 19.4. The first-order chi connectivity index (χ1) is 13.0. The zero-order valence-corrected chi connectivity index (χ0v) is 16.9. The Hall–Kier alpha value is -2.22. The highest BCUT2D eigenvalue weighted by Gasteiger charge is 2.14. The Morgan fingerprint density at radius 3 is 2.63 bits per heavy atom. The van der Waals surface area contributed by atoms with Crippen molar-refractivity contribution in [3.63, 3.8) is 0 Å². The van der Waals surface area contributed by atoms with E-state index in [1.807, 2.05) is 35.9 Å². The number of nitrogens with one attached hydrogen (secondary N) is 1. The summed E-state index contributed by atoms with van der Waals surface area (Å²) in [5, 5.41) is 12.7. The van der Waals surface area contributed by atoms with Crippen LogP contribution in [0.3, 0.4) is 0 Å². The SMILES string of the molecule is COc1cccc(-c2nnc(SCC(=O)Nc3cc(Cl)cc(Cl)c3)n2C)c1. The van der Waals surface area contributed by atoms with Gasteiger partial charge in [-0.3, -0.25) is 4.79 Å². The molecule has 0 fully saturated rings. The van der Waals surface area contributed by atoms with E-state index in [1.54, 1.807) is 25.3 Å². The predicted octanol–water partition coefficient (Wildman–Crippen LogP) is 4.53. The lowest BCUT2D eigenvalue weighted by Crippen LogP contribution is -2.14. The van der Waals surface area contributed by atoms with E-state index in [9.17, 15) is 4.79 Å². The van der Waals surface area contributed by atoms with Gasteiger partial charge in [-0.2, -0.15) is 0 Å². The molecule has 0 aliphatic rings. The highest BCUT2D eigenvalue weighted by molar-refractivity contribution is 7.99. The van der Waals surface area contributed by atoms with E-state index in [0.29, 0.717) is 26.7 Å². The monoisotopic (exact) mass is 422 g/mol. The second kappa shape index (κ2) is 8.65. The van der Waals surface area contributed by atoms with E-state index >= 15 is 0 Å². The number of aromatic nitrogens is 3. The molecule has 0 bridgehead atoms. The predicted molar refractivity (Wildman–Crippen MR) is 109 cm³/mol. The Morgan fingerprint density at radius 2 is 1.93 bits per heavy atom. The molecule has 0 radical (unpaired) electrons. The zero-order valence-electron chi connectivity index (χ0n) is 14.6. The molecular formula is C18H16Cl2N4O2S. The Balaban J connectivity index is 1.66. The molecule has 1 N–H and O–H groups in total. The van der Waals surface area contributed by atoms with Crippen molar-refractivity contribution in [1.82, 2.24) is 14.8 Å². The summed E-state index contributed by atoms with van der Waals surface area (Å²) in [6.45, 7) is 0. The Morgan fingerprint density at radius 1 is 1.19 bits per heavy atom. The van der Waals surface area contributed by atoms with Crippen molar-refractivity contribution in [3.8, 4) is 17.1 Å². The van der Waals surface area contributed by atoms with E-state index in [-0.39, 0.29) is 11.7 Å². The number of nitrogens with zero attached hydrogens (tertiary/aromatic N) is 3. The first kappa shape index (κ1) is 19.5. The lowest BCUT2D eigenvalue weighted by Gasteiger charge is -2.07. The fourth-order valence-corrected chi connectivity index (χ4v) is 3.64. The number of benzene rings is 2. The average Bonchev–Trinajstić information content (AvgIpc) is 3.00. The molecule has 3 aromatic rings. The normalized spacial score (nSPS) is 10.7. The third kappa shape index (κ3) is 4.94. The van der Waals surface area contributed by atoms with E-state index in [2.05, 4.69) is 15.5 Å². The van der Waals surface area contributed by atoms with Gasteiger partial charge < -0.3 is 14.6 Å². The summed E-state index contributed by atoms with van der Waals surface area (Å²) < 4.78 is 7.08. The number of thioether (sulfide) groups is 1. The van der Waals surface area contributed by atoms with Gasteiger partial charge >= 0.3 is 0 Å². The van der Waals surface area contributed by atoms with Gasteiger partial charge in [-0.05, 0) is 30.3 Å². The standard InChI is InChI=1S/C18H16Cl2N4O2S/c1-24-17(11-4-3-5-15(6-11)26-2)22-23-18(24)27-10-16(25)21-14-8-12(19)7-13(20)9-14/h3-9H,10H2,1-2H3,(H,21,25). The Labute approximate surface area is 170 Å². The summed E-state index contributed by atoms with van der Waals surface area (Å²) in [7, 11) is 3.47. The number of methoxy groups -OCH3 is 1. The lowest BCUT2D eigenvalue weighted by atomic mass is 10.2. The van der Waals surface area contributed by atoms with Crippen LogP contribution in [0.15, 0.2) is 47.6 Å². The van der Waals surface area contributed by atoms with E-state index in [4.69, 9.17) is 27.9 Å². The van der Waals surface area contributed by atoms with Gasteiger partial charge in [0, 0.05) is 28.3 Å². The van der Waals surface area contributed by atoms with Crippen molar-refractivity contribution in [2.45, 2.75) is 5.16 Å². The number of carbonyl (C=O) groups excluding carboxylic acids is 1. The summed E-state index contributed by atoms with van der Waals surface area (Å²) in [5.41, 5.74) is 1.43. The van der Waals surface area contributed by atoms with Crippen molar-refractivity contribution in [2.24, 2.45) is 7.05 Å². The quantitative estimate of drug-likeness (QED) is 0.590. The maximum absolute atomic E-state index is 12.2. The number of halogens is 2. The smallest absolute Gasteiger partial charge is 0.234 e. The Kier molecular flexibility index (Phi) is 6.26. The van der Waals surface area contributed by atoms with Gasteiger partial charge in [-0.25, -0.2) is 0 Å². The summed E-state index contributed by atoms with van der Waals surface area (Å²) in [6.07, 6.45) is 0. The summed E-state index contributed by atoms with van der Waals surface area (Å²) in [5.74, 6) is 1.42. The van der Waals surface area contributed by atoms with Gasteiger partial charge in [0.1, 0.15) is 5.75 Å². The summed E-state index contributed by atoms with van der Waals surface area (Å²) in [4.78, 5) is 12.2. The number of anilines is 1. The molecule has 0 saturated carbocycles. The topological polar surface area (TPSA) is 69.0 Å². The summed E-state index contributed by atoms with van der Waals surface area (Å²) >= 11 is 13.2. The third-order valence-electron chi connectivity index (χ3n) is 3.64. The molecular weight excluding hydrogens is 407 g/mol. The van der Waals surface area contributed by atoms with Crippen LogP contribution in [0.4, 0.5) is 5.69 Å². The Bertz CT molecular complexity index is 957. The van der Waals surface area contributed by atoms with Crippen molar-refractivity contribution in [3.05, 3.63) is 52.5 Å². The van der Waals surface area contributed by atoms with Crippen molar-refractivity contribution in [1.29, 1.82) is 0 Å².